The lowest BCUT2D eigenvalue weighted by Gasteiger charge is -2.25. The fourth-order valence-electron chi connectivity index (χ4n) is 3.21. The molecule has 0 spiro atoms. The molecule has 10 heteroatoms. The summed E-state index contributed by atoms with van der Waals surface area (Å²) in [4.78, 5) is 36.8. The van der Waals surface area contributed by atoms with Crippen LogP contribution in [0.3, 0.4) is 0 Å². The minimum absolute atomic E-state index is 0.0410. The van der Waals surface area contributed by atoms with E-state index < -0.39 is 50.8 Å². The van der Waals surface area contributed by atoms with Gasteiger partial charge >= 0.3 is 6.09 Å². The maximum Gasteiger partial charge on any atom is 0.408 e. The highest BCUT2D eigenvalue weighted by Crippen LogP contribution is 2.46. The van der Waals surface area contributed by atoms with Crippen LogP contribution in [0, 0.1) is 5.92 Å². The van der Waals surface area contributed by atoms with Crippen molar-refractivity contribution < 1.29 is 27.5 Å². The van der Waals surface area contributed by atoms with Crippen LogP contribution in [0.5, 0.6) is 0 Å². The maximum atomic E-state index is 13.0. The smallest absolute Gasteiger partial charge is 0.408 e. The minimum atomic E-state index is -3.32. The molecular weight excluding hydrogens is 410 g/mol. The van der Waals surface area contributed by atoms with Gasteiger partial charge in [-0.1, -0.05) is 12.1 Å². The first-order valence-electron chi connectivity index (χ1n) is 9.54. The number of rotatable bonds is 7. The molecule has 9 nitrogen and oxygen atoms in total. The molecule has 1 aromatic rings. The van der Waals surface area contributed by atoms with Gasteiger partial charge in [-0.05, 0) is 51.8 Å². The Hall–Kier alpha value is -2.62. The first-order valence-corrected chi connectivity index (χ1v) is 11.4. The molecule has 1 fully saturated rings. The van der Waals surface area contributed by atoms with Crippen molar-refractivity contribution in [1.82, 2.24) is 10.6 Å². The van der Waals surface area contributed by atoms with Crippen LogP contribution in [0.2, 0.25) is 0 Å². The Morgan fingerprint density at radius 1 is 1.23 bits per heavy atom. The Morgan fingerprint density at radius 3 is 2.27 bits per heavy atom. The Labute approximate surface area is 176 Å². The Kier molecular flexibility index (Phi) is 6.51. The van der Waals surface area contributed by atoms with Crippen molar-refractivity contribution in [2.45, 2.75) is 62.6 Å². The van der Waals surface area contributed by atoms with E-state index in [-0.39, 0.29) is 17.7 Å². The molecule has 1 aromatic carbocycles. The number of hydrogen-bond acceptors (Lipinski definition) is 6. The van der Waals surface area contributed by atoms with Crippen molar-refractivity contribution in [3.63, 3.8) is 0 Å². The van der Waals surface area contributed by atoms with Crippen LogP contribution in [-0.4, -0.2) is 43.7 Å². The fourth-order valence-corrected chi connectivity index (χ4v) is 3.84. The third-order valence-electron chi connectivity index (χ3n) is 4.84. The van der Waals surface area contributed by atoms with Crippen molar-refractivity contribution >= 4 is 27.7 Å². The zero-order valence-corrected chi connectivity index (χ0v) is 18.6. The summed E-state index contributed by atoms with van der Waals surface area (Å²) < 4.78 is 28.4. The number of nitrogens with one attached hydrogen (secondary N) is 2. The van der Waals surface area contributed by atoms with Crippen molar-refractivity contribution in [1.29, 1.82) is 0 Å². The zero-order valence-electron chi connectivity index (χ0n) is 17.8. The number of ether oxygens (including phenoxy) is 1. The van der Waals surface area contributed by atoms with Crippen LogP contribution in [0.4, 0.5) is 4.79 Å². The van der Waals surface area contributed by atoms with Crippen LogP contribution >= 0.6 is 0 Å². The van der Waals surface area contributed by atoms with Gasteiger partial charge in [0.1, 0.15) is 11.1 Å². The van der Waals surface area contributed by atoms with E-state index in [1.54, 1.807) is 39.8 Å². The van der Waals surface area contributed by atoms with Crippen molar-refractivity contribution in [3.8, 4) is 0 Å². The number of amides is 3. The van der Waals surface area contributed by atoms with E-state index in [2.05, 4.69) is 10.6 Å². The second-order valence-electron chi connectivity index (χ2n) is 8.71. The average molecular weight is 440 g/mol. The third-order valence-corrected chi connectivity index (χ3v) is 5.97. The van der Waals surface area contributed by atoms with Gasteiger partial charge in [0.15, 0.2) is 9.84 Å². The largest absolute Gasteiger partial charge is 0.444 e. The quantitative estimate of drug-likeness (QED) is 0.586. The average Bonchev–Trinajstić information content (AvgIpc) is 3.24. The molecule has 1 aliphatic rings. The van der Waals surface area contributed by atoms with Gasteiger partial charge in [-0.25, -0.2) is 13.2 Å². The predicted octanol–water partition coefficient (Wildman–Crippen LogP) is 1.43. The SMILES string of the molecule is C[C@@H](NC(=O)C1(NC(=O)OC(C)(C)C)CC1CC(N)=O)c1ccc(S(C)(=O)=O)cc1. The topological polar surface area (TPSA) is 145 Å². The molecular formula is C20H29N3O6S. The lowest BCUT2D eigenvalue weighted by molar-refractivity contribution is -0.125. The van der Waals surface area contributed by atoms with Gasteiger partial charge in [0.2, 0.25) is 11.8 Å². The molecule has 4 N–H and O–H groups in total. The van der Waals surface area contributed by atoms with Gasteiger partial charge in [0.05, 0.1) is 10.9 Å². The number of hydrogen-bond donors (Lipinski definition) is 3. The number of carbonyl (C=O) groups is 3. The third kappa shape index (κ3) is 5.94. The second-order valence-corrected chi connectivity index (χ2v) is 10.7. The van der Waals surface area contributed by atoms with Crippen molar-refractivity contribution in [2.75, 3.05) is 6.26 Å². The van der Waals surface area contributed by atoms with E-state index in [0.29, 0.717) is 5.56 Å². The summed E-state index contributed by atoms with van der Waals surface area (Å²) in [5.74, 6) is -1.45. The predicted molar refractivity (Wildman–Crippen MR) is 110 cm³/mol. The summed E-state index contributed by atoms with van der Waals surface area (Å²) >= 11 is 0. The summed E-state index contributed by atoms with van der Waals surface area (Å²) in [6.07, 6.45) is 0.585. The van der Waals surface area contributed by atoms with E-state index in [9.17, 15) is 22.8 Å². The molecule has 3 amide bonds. The fraction of sp³-hybridized carbons (Fsp3) is 0.550. The van der Waals surface area contributed by atoms with Crippen LogP contribution < -0.4 is 16.4 Å². The van der Waals surface area contributed by atoms with E-state index in [4.69, 9.17) is 10.5 Å². The Morgan fingerprint density at radius 2 is 1.80 bits per heavy atom. The lowest BCUT2D eigenvalue weighted by Crippen LogP contribution is -2.52. The molecule has 0 bridgehead atoms. The highest BCUT2D eigenvalue weighted by molar-refractivity contribution is 7.90. The van der Waals surface area contributed by atoms with Crippen LogP contribution in [-0.2, 0) is 24.2 Å². The number of primary amides is 1. The first-order chi connectivity index (χ1) is 13.6. The number of nitrogens with two attached hydrogens (primary N) is 1. The zero-order chi connectivity index (χ0) is 22.9. The summed E-state index contributed by atoms with van der Waals surface area (Å²) in [5, 5.41) is 5.42. The van der Waals surface area contributed by atoms with Crippen molar-refractivity contribution in [3.05, 3.63) is 29.8 Å². The molecule has 0 saturated heterocycles. The van der Waals surface area contributed by atoms with E-state index in [1.807, 2.05) is 0 Å². The monoisotopic (exact) mass is 439 g/mol. The number of carbonyl (C=O) groups excluding carboxylic acids is 3. The summed E-state index contributed by atoms with van der Waals surface area (Å²) in [6.45, 7) is 6.85. The number of alkyl carbamates (subject to hydrolysis) is 1. The van der Waals surface area contributed by atoms with E-state index in [0.717, 1.165) is 6.26 Å². The summed E-state index contributed by atoms with van der Waals surface area (Å²) in [5.41, 5.74) is 3.93. The van der Waals surface area contributed by atoms with Crippen LogP contribution in [0.25, 0.3) is 0 Å². The van der Waals surface area contributed by atoms with Crippen LogP contribution in [0.15, 0.2) is 29.2 Å². The molecule has 2 rings (SSSR count). The van der Waals surface area contributed by atoms with Gasteiger partial charge in [0, 0.05) is 18.6 Å². The van der Waals surface area contributed by atoms with Gasteiger partial charge in [-0.3, -0.25) is 9.59 Å². The van der Waals surface area contributed by atoms with Crippen molar-refractivity contribution in [2.24, 2.45) is 11.7 Å². The summed E-state index contributed by atoms with van der Waals surface area (Å²) in [6, 6.07) is 5.70. The number of sulfone groups is 1. The van der Waals surface area contributed by atoms with Gasteiger partial charge < -0.3 is 21.1 Å². The van der Waals surface area contributed by atoms with Gasteiger partial charge in [0.25, 0.3) is 0 Å². The van der Waals surface area contributed by atoms with Crippen LogP contribution in [0.1, 0.15) is 52.1 Å². The minimum Gasteiger partial charge on any atom is -0.444 e. The summed E-state index contributed by atoms with van der Waals surface area (Å²) in [7, 11) is -3.32. The molecule has 0 aromatic heterocycles. The lowest BCUT2D eigenvalue weighted by atomic mass is 10.1. The van der Waals surface area contributed by atoms with Gasteiger partial charge in [-0.2, -0.15) is 0 Å². The Bertz CT molecular complexity index is 936. The normalized spacial score (nSPS) is 22.0. The first kappa shape index (κ1) is 23.7. The second kappa shape index (κ2) is 8.25. The molecule has 2 unspecified atom stereocenters. The molecule has 1 aliphatic carbocycles. The van der Waals surface area contributed by atoms with E-state index in [1.165, 1.54) is 12.1 Å². The molecule has 0 heterocycles. The van der Waals surface area contributed by atoms with E-state index >= 15 is 0 Å². The molecule has 0 aliphatic heterocycles. The molecule has 30 heavy (non-hydrogen) atoms. The molecule has 1 saturated carbocycles. The molecule has 3 atom stereocenters. The maximum absolute atomic E-state index is 13.0. The highest BCUT2D eigenvalue weighted by atomic mass is 32.2. The molecule has 166 valence electrons. The molecule has 0 radical (unpaired) electrons. The van der Waals surface area contributed by atoms with Gasteiger partial charge in [-0.15, -0.1) is 0 Å². The standard InChI is InChI=1S/C20H29N3O6S/c1-12(13-6-8-15(9-7-13)30(5,27)28)22-17(25)20(11-14(20)10-16(21)24)23-18(26)29-19(2,3)4/h6-9,12,14H,10-11H2,1-5H3,(H2,21,24)(H,22,25)(H,23,26)/t12-,14?,20?/m1/s1. The highest BCUT2D eigenvalue weighted by Gasteiger charge is 2.62. The number of benzene rings is 1. The Balaban J connectivity index is 2.14.